The van der Waals surface area contributed by atoms with Crippen LogP contribution in [0, 0.1) is 0 Å². The summed E-state index contributed by atoms with van der Waals surface area (Å²) < 4.78 is 5.60. The lowest BCUT2D eigenvalue weighted by molar-refractivity contribution is -0.122. The highest BCUT2D eigenvalue weighted by atomic mass is 35.5. The summed E-state index contributed by atoms with van der Waals surface area (Å²) in [5.41, 5.74) is 1.99. The predicted octanol–water partition coefficient (Wildman–Crippen LogP) is 4.87. The van der Waals surface area contributed by atoms with Crippen molar-refractivity contribution in [2.75, 3.05) is 5.32 Å². The zero-order valence-corrected chi connectivity index (χ0v) is 13.7. The van der Waals surface area contributed by atoms with E-state index in [0.717, 1.165) is 5.69 Å². The van der Waals surface area contributed by atoms with Crippen LogP contribution >= 0.6 is 11.6 Å². The number of hydrogen-bond acceptors (Lipinski definition) is 2. The molecule has 1 amide bonds. The molecule has 0 aliphatic carbocycles. The number of benzene rings is 2. The van der Waals surface area contributed by atoms with Gasteiger partial charge in [-0.25, -0.2) is 0 Å². The molecule has 2 aromatic carbocycles. The Labute approximate surface area is 136 Å². The number of hydrogen-bond donors (Lipinski definition) is 1. The van der Waals surface area contributed by atoms with Gasteiger partial charge in [-0.05, 0) is 42.7 Å². The number of carbonyl (C=O) groups is 1. The van der Waals surface area contributed by atoms with E-state index in [1.165, 1.54) is 5.56 Å². The van der Waals surface area contributed by atoms with Gasteiger partial charge in [0.1, 0.15) is 5.75 Å². The van der Waals surface area contributed by atoms with Crippen LogP contribution in [0.2, 0.25) is 5.02 Å². The molecule has 116 valence electrons. The van der Waals surface area contributed by atoms with Crippen LogP contribution < -0.4 is 10.1 Å². The highest BCUT2D eigenvalue weighted by Crippen LogP contribution is 2.24. The van der Waals surface area contributed by atoms with Crippen LogP contribution in [0.4, 0.5) is 5.69 Å². The van der Waals surface area contributed by atoms with Crippen LogP contribution in [0.25, 0.3) is 0 Å². The maximum absolute atomic E-state index is 12.2. The van der Waals surface area contributed by atoms with Gasteiger partial charge in [0.25, 0.3) is 5.91 Å². The molecule has 0 spiro atoms. The van der Waals surface area contributed by atoms with Crippen LogP contribution in [-0.2, 0) is 4.79 Å². The number of para-hydroxylation sites is 1. The van der Waals surface area contributed by atoms with Gasteiger partial charge >= 0.3 is 0 Å². The summed E-state index contributed by atoms with van der Waals surface area (Å²) >= 11 is 6.02. The van der Waals surface area contributed by atoms with Crippen LogP contribution in [0.15, 0.2) is 48.5 Å². The molecule has 0 heterocycles. The monoisotopic (exact) mass is 317 g/mol. The smallest absolute Gasteiger partial charge is 0.265 e. The molecule has 0 aliphatic heterocycles. The number of halogens is 1. The summed E-state index contributed by atoms with van der Waals surface area (Å²) in [5, 5.41) is 3.33. The fraction of sp³-hybridized carbons (Fsp3) is 0.278. The zero-order chi connectivity index (χ0) is 16.1. The van der Waals surface area contributed by atoms with Gasteiger partial charge in [-0.3, -0.25) is 4.79 Å². The molecule has 0 aliphatic rings. The number of anilines is 1. The lowest BCUT2D eigenvalue weighted by atomic mass is 10.0. The van der Waals surface area contributed by atoms with Crippen molar-refractivity contribution < 1.29 is 9.53 Å². The fourth-order valence-corrected chi connectivity index (χ4v) is 2.16. The van der Waals surface area contributed by atoms with E-state index in [2.05, 4.69) is 19.2 Å². The van der Waals surface area contributed by atoms with Crippen LogP contribution in [-0.4, -0.2) is 12.0 Å². The van der Waals surface area contributed by atoms with Crippen molar-refractivity contribution in [2.24, 2.45) is 0 Å². The molecule has 0 unspecified atom stereocenters. The third-order valence-electron chi connectivity index (χ3n) is 3.35. The molecule has 2 aromatic rings. The van der Waals surface area contributed by atoms with Gasteiger partial charge in [-0.15, -0.1) is 0 Å². The molecule has 2 rings (SSSR count). The van der Waals surface area contributed by atoms with E-state index < -0.39 is 6.10 Å². The lowest BCUT2D eigenvalue weighted by Gasteiger charge is -2.16. The summed E-state index contributed by atoms with van der Waals surface area (Å²) in [5.74, 6) is 0.756. The molecule has 0 saturated carbocycles. The molecule has 0 saturated heterocycles. The summed E-state index contributed by atoms with van der Waals surface area (Å²) in [6.45, 7) is 5.96. The van der Waals surface area contributed by atoms with Crippen molar-refractivity contribution in [3.05, 3.63) is 59.1 Å². The first-order chi connectivity index (χ1) is 10.5. The zero-order valence-electron chi connectivity index (χ0n) is 13.0. The number of nitrogens with one attached hydrogen (secondary N) is 1. The number of ether oxygens (including phenoxy) is 1. The van der Waals surface area contributed by atoms with Gasteiger partial charge < -0.3 is 10.1 Å². The minimum atomic E-state index is -0.635. The quantitative estimate of drug-likeness (QED) is 0.854. The molecule has 1 atom stereocenters. The Hall–Kier alpha value is -2.00. The predicted molar refractivity (Wildman–Crippen MR) is 90.7 cm³/mol. The third-order valence-corrected chi connectivity index (χ3v) is 3.67. The molecule has 3 nitrogen and oxygen atoms in total. The average molecular weight is 318 g/mol. The second kappa shape index (κ2) is 7.32. The highest BCUT2D eigenvalue weighted by Gasteiger charge is 2.16. The Kier molecular flexibility index (Phi) is 5.45. The largest absolute Gasteiger partial charge is 0.479 e. The summed E-state index contributed by atoms with van der Waals surface area (Å²) in [6, 6.07) is 14.9. The van der Waals surface area contributed by atoms with Crippen molar-refractivity contribution in [3.63, 3.8) is 0 Å². The summed E-state index contributed by atoms with van der Waals surface area (Å²) in [4.78, 5) is 12.2. The van der Waals surface area contributed by atoms with Crippen molar-refractivity contribution in [1.29, 1.82) is 0 Å². The van der Waals surface area contributed by atoms with Gasteiger partial charge in [0.05, 0.1) is 5.02 Å². The molecule has 0 aromatic heterocycles. The molecular weight excluding hydrogens is 298 g/mol. The standard InChI is InChI=1S/C18H20ClNO2/c1-12(2)14-8-10-15(11-9-14)20-18(21)13(3)22-17-7-5-4-6-16(17)19/h4-13H,1-3H3,(H,20,21)/t13-/m1/s1. The van der Waals surface area contributed by atoms with Gasteiger partial charge in [0.2, 0.25) is 0 Å². The molecule has 4 heteroatoms. The van der Waals surface area contributed by atoms with Crippen molar-refractivity contribution in [2.45, 2.75) is 32.8 Å². The van der Waals surface area contributed by atoms with Crippen molar-refractivity contribution in [1.82, 2.24) is 0 Å². The average Bonchev–Trinajstić information content (AvgIpc) is 2.50. The number of rotatable bonds is 5. The van der Waals surface area contributed by atoms with Crippen LogP contribution in [0.3, 0.4) is 0 Å². The second-order valence-corrected chi connectivity index (χ2v) is 5.86. The van der Waals surface area contributed by atoms with E-state index in [1.54, 1.807) is 19.1 Å². The van der Waals surface area contributed by atoms with E-state index in [9.17, 15) is 4.79 Å². The minimum Gasteiger partial charge on any atom is -0.479 e. The first kappa shape index (κ1) is 16.4. The Morgan fingerprint density at radius 2 is 1.68 bits per heavy atom. The van der Waals surface area contributed by atoms with Crippen LogP contribution in [0.1, 0.15) is 32.3 Å². The van der Waals surface area contributed by atoms with Gasteiger partial charge in [0.15, 0.2) is 6.10 Å². The molecule has 0 radical (unpaired) electrons. The molecule has 0 bridgehead atoms. The minimum absolute atomic E-state index is 0.211. The van der Waals surface area contributed by atoms with Crippen molar-refractivity contribution >= 4 is 23.2 Å². The van der Waals surface area contributed by atoms with E-state index in [4.69, 9.17) is 16.3 Å². The Balaban J connectivity index is 1.98. The Bertz CT molecular complexity index is 638. The Morgan fingerprint density at radius 3 is 2.27 bits per heavy atom. The highest BCUT2D eigenvalue weighted by molar-refractivity contribution is 6.32. The van der Waals surface area contributed by atoms with E-state index in [0.29, 0.717) is 16.7 Å². The molecule has 0 fully saturated rings. The third kappa shape index (κ3) is 4.25. The van der Waals surface area contributed by atoms with E-state index in [-0.39, 0.29) is 5.91 Å². The maximum atomic E-state index is 12.2. The fourth-order valence-electron chi connectivity index (χ4n) is 1.98. The normalized spacial score (nSPS) is 12.0. The first-order valence-electron chi connectivity index (χ1n) is 7.29. The lowest BCUT2D eigenvalue weighted by Crippen LogP contribution is -2.30. The topological polar surface area (TPSA) is 38.3 Å². The summed E-state index contributed by atoms with van der Waals surface area (Å²) in [6.07, 6.45) is -0.635. The molecule has 1 N–H and O–H groups in total. The maximum Gasteiger partial charge on any atom is 0.265 e. The number of amides is 1. The molecular formula is C18H20ClNO2. The SMILES string of the molecule is CC(C)c1ccc(NC(=O)[C@@H](C)Oc2ccccc2Cl)cc1. The van der Waals surface area contributed by atoms with Crippen LogP contribution in [0.5, 0.6) is 5.75 Å². The molecule has 22 heavy (non-hydrogen) atoms. The van der Waals surface area contributed by atoms with Gasteiger partial charge in [-0.2, -0.15) is 0 Å². The van der Waals surface area contributed by atoms with Gasteiger partial charge in [-0.1, -0.05) is 49.7 Å². The van der Waals surface area contributed by atoms with E-state index >= 15 is 0 Å². The number of carbonyl (C=O) groups excluding carboxylic acids is 1. The summed E-state index contributed by atoms with van der Waals surface area (Å²) in [7, 11) is 0. The van der Waals surface area contributed by atoms with Gasteiger partial charge in [0, 0.05) is 5.69 Å². The van der Waals surface area contributed by atoms with Crippen molar-refractivity contribution in [3.8, 4) is 5.75 Å². The van der Waals surface area contributed by atoms with E-state index in [1.807, 2.05) is 36.4 Å². The Morgan fingerprint density at radius 1 is 1.05 bits per heavy atom. The second-order valence-electron chi connectivity index (χ2n) is 5.46. The first-order valence-corrected chi connectivity index (χ1v) is 7.67.